The van der Waals surface area contributed by atoms with Crippen molar-refractivity contribution in [2.45, 2.75) is 13.8 Å². The van der Waals surface area contributed by atoms with Crippen LogP contribution < -0.4 is 4.90 Å². The number of anilines is 1. The molecule has 2 aromatic carbocycles. The number of amides is 1. The Morgan fingerprint density at radius 1 is 0.885 bits per heavy atom. The summed E-state index contributed by atoms with van der Waals surface area (Å²) >= 11 is 0. The molecule has 1 aromatic heterocycles. The Hall–Kier alpha value is -2.88. The summed E-state index contributed by atoms with van der Waals surface area (Å²) in [5, 5.41) is 1.15. The number of benzene rings is 2. The number of hydrogen-bond acceptors (Lipinski definition) is 3. The molecule has 1 aliphatic rings. The average molecular weight is 345 g/mol. The predicted molar refractivity (Wildman–Crippen MR) is 106 cm³/mol. The van der Waals surface area contributed by atoms with Gasteiger partial charge in [0.25, 0.3) is 5.91 Å². The Morgan fingerprint density at radius 2 is 1.65 bits per heavy atom. The summed E-state index contributed by atoms with van der Waals surface area (Å²) in [6.07, 6.45) is 0. The number of hydrogen-bond donors (Lipinski definition) is 0. The van der Waals surface area contributed by atoms with Crippen molar-refractivity contribution in [2.24, 2.45) is 0 Å². The normalized spacial score (nSPS) is 14.7. The number of aromatic nitrogens is 1. The van der Waals surface area contributed by atoms with E-state index in [4.69, 9.17) is 4.98 Å². The summed E-state index contributed by atoms with van der Waals surface area (Å²) < 4.78 is 0. The van der Waals surface area contributed by atoms with E-state index in [9.17, 15) is 4.79 Å². The van der Waals surface area contributed by atoms with Gasteiger partial charge in [-0.25, -0.2) is 4.98 Å². The van der Waals surface area contributed by atoms with E-state index in [1.54, 1.807) is 0 Å². The second-order valence-corrected chi connectivity index (χ2v) is 6.94. The van der Waals surface area contributed by atoms with Gasteiger partial charge in [-0.3, -0.25) is 4.79 Å². The largest absolute Gasteiger partial charge is 0.353 e. The third-order valence-electron chi connectivity index (χ3n) is 5.23. The van der Waals surface area contributed by atoms with Gasteiger partial charge >= 0.3 is 0 Å². The standard InChI is InChI=1S/C22H23N3O/c1-16-7-8-19(15-17(16)2)22(26)25-13-11-24(12-14-25)21-10-9-18-5-3-4-6-20(18)23-21/h3-10,15H,11-14H2,1-2H3. The summed E-state index contributed by atoms with van der Waals surface area (Å²) in [6.45, 7) is 7.18. The highest BCUT2D eigenvalue weighted by atomic mass is 16.2. The van der Waals surface area contributed by atoms with Crippen molar-refractivity contribution in [1.29, 1.82) is 0 Å². The molecule has 1 saturated heterocycles. The second kappa shape index (κ2) is 6.79. The fourth-order valence-electron chi connectivity index (χ4n) is 3.43. The van der Waals surface area contributed by atoms with E-state index in [1.165, 1.54) is 5.56 Å². The molecule has 0 aliphatic carbocycles. The zero-order valence-electron chi connectivity index (χ0n) is 15.3. The summed E-state index contributed by atoms with van der Waals surface area (Å²) in [7, 11) is 0. The monoisotopic (exact) mass is 345 g/mol. The van der Waals surface area contributed by atoms with Crippen LogP contribution in [0.5, 0.6) is 0 Å². The zero-order valence-corrected chi connectivity index (χ0v) is 15.3. The molecule has 4 heteroatoms. The molecule has 2 heterocycles. The zero-order chi connectivity index (χ0) is 18.1. The number of aryl methyl sites for hydroxylation is 2. The van der Waals surface area contributed by atoms with Gasteiger partial charge in [-0.15, -0.1) is 0 Å². The van der Waals surface area contributed by atoms with Crippen LogP contribution in [0.1, 0.15) is 21.5 Å². The molecule has 0 spiro atoms. The highest BCUT2D eigenvalue weighted by molar-refractivity contribution is 5.94. The minimum Gasteiger partial charge on any atom is -0.353 e. The number of pyridine rings is 1. The third kappa shape index (κ3) is 3.15. The smallest absolute Gasteiger partial charge is 0.253 e. The van der Waals surface area contributed by atoms with Crippen molar-refractivity contribution >= 4 is 22.6 Å². The molecule has 0 radical (unpaired) electrons. The number of fused-ring (bicyclic) bond motifs is 1. The Balaban J connectivity index is 1.46. The highest BCUT2D eigenvalue weighted by Gasteiger charge is 2.23. The lowest BCUT2D eigenvalue weighted by Gasteiger charge is -2.35. The molecule has 4 nitrogen and oxygen atoms in total. The van der Waals surface area contributed by atoms with Crippen LogP contribution in [-0.4, -0.2) is 42.0 Å². The van der Waals surface area contributed by atoms with Gasteiger partial charge in [0.05, 0.1) is 5.52 Å². The summed E-state index contributed by atoms with van der Waals surface area (Å²) in [5.41, 5.74) is 4.17. The van der Waals surface area contributed by atoms with E-state index < -0.39 is 0 Å². The van der Waals surface area contributed by atoms with Gasteiger partial charge in [-0.1, -0.05) is 24.3 Å². The molecule has 1 aliphatic heterocycles. The summed E-state index contributed by atoms with van der Waals surface area (Å²) in [4.78, 5) is 21.8. The maximum Gasteiger partial charge on any atom is 0.253 e. The predicted octanol–water partition coefficient (Wildman–Crippen LogP) is 3.81. The lowest BCUT2D eigenvalue weighted by atomic mass is 10.1. The number of para-hydroxylation sites is 1. The van der Waals surface area contributed by atoms with Gasteiger partial charge in [0, 0.05) is 37.1 Å². The summed E-state index contributed by atoms with van der Waals surface area (Å²) in [6, 6.07) is 18.3. The molecule has 1 amide bonds. The Labute approximate surface area is 154 Å². The Bertz CT molecular complexity index is 959. The maximum atomic E-state index is 12.8. The van der Waals surface area contributed by atoms with Crippen molar-refractivity contribution in [1.82, 2.24) is 9.88 Å². The van der Waals surface area contributed by atoms with E-state index in [1.807, 2.05) is 41.3 Å². The van der Waals surface area contributed by atoms with Gasteiger partial charge in [0.2, 0.25) is 0 Å². The van der Waals surface area contributed by atoms with Crippen LogP contribution >= 0.6 is 0 Å². The SMILES string of the molecule is Cc1ccc(C(=O)N2CCN(c3ccc4ccccc4n3)CC2)cc1C. The van der Waals surface area contributed by atoms with Crippen molar-refractivity contribution in [2.75, 3.05) is 31.1 Å². The van der Waals surface area contributed by atoms with Crippen LogP contribution in [0.3, 0.4) is 0 Å². The number of carbonyl (C=O) groups is 1. The molecule has 0 bridgehead atoms. The molecule has 4 rings (SSSR count). The first-order valence-electron chi connectivity index (χ1n) is 9.09. The maximum absolute atomic E-state index is 12.8. The first kappa shape index (κ1) is 16.6. The number of rotatable bonds is 2. The molecule has 1 fully saturated rings. The fourth-order valence-corrected chi connectivity index (χ4v) is 3.43. The molecule has 26 heavy (non-hydrogen) atoms. The molecule has 0 saturated carbocycles. The quantitative estimate of drug-likeness (QED) is 0.708. The van der Waals surface area contributed by atoms with Crippen LogP contribution in [-0.2, 0) is 0 Å². The van der Waals surface area contributed by atoms with Crippen LogP contribution in [0.25, 0.3) is 10.9 Å². The van der Waals surface area contributed by atoms with E-state index in [0.29, 0.717) is 0 Å². The minimum atomic E-state index is 0.124. The van der Waals surface area contributed by atoms with Crippen molar-refractivity contribution in [3.8, 4) is 0 Å². The number of nitrogens with zero attached hydrogens (tertiary/aromatic N) is 3. The molecule has 0 atom stereocenters. The molecular formula is C22H23N3O. The molecule has 0 N–H and O–H groups in total. The van der Waals surface area contributed by atoms with E-state index in [-0.39, 0.29) is 5.91 Å². The molecular weight excluding hydrogens is 322 g/mol. The number of piperazine rings is 1. The van der Waals surface area contributed by atoms with Gasteiger partial charge in [-0.05, 0) is 55.3 Å². The minimum absolute atomic E-state index is 0.124. The van der Waals surface area contributed by atoms with Crippen LogP contribution in [0.15, 0.2) is 54.6 Å². The van der Waals surface area contributed by atoms with Crippen molar-refractivity contribution in [3.05, 3.63) is 71.3 Å². The highest BCUT2D eigenvalue weighted by Crippen LogP contribution is 2.20. The van der Waals surface area contributed by atoms with Gasteiger partial charge < -0.3 is 9.80 Å². The molecule has 3 aromatic rings. The van der Waals surface area contributed by atoms with Gasteiger partial charge in [0.15, 0.2) is 0 Å². The lowest BCUT2D eigenvalue weighted by Crippen LogP contribution is -2.49. The third-order valence-corrected chi connectivity index (χ3v) is 5.23. The Morgan fingerprint density at radius 3 is 2.42 bits per heavy atom. The van der Waals surface area contributed by atoms with Gasteiger partial charge in [0.1, 0.15) is 5.82 Å². The first-order valence-corrected chi connectivity index (χ1v) is 9.09. The summed E-state index contributed by atoms with van der Waals surface area (Å²) in [5.74, 6) is 1.11. The topological polar surface area (TPSA) is 36.4 Å². The van der Waals surface area contributed by atoms with E-state index in [2.05, 4.69) is 36.9 Å². The van der Waals surface area contributed by atoms with Crippen molar-refractivity contribution in [3.63, 3.8) is 0 Å². The van der Waals surface area contributed by atoms with E-state index in [0.717, 1.165) is 54.0 Å². The second-order valence-electron chi connectivity index (χ2n) is 6.94. The van der Waals surface area contributed by atoms with E-state index >= 15 is 0 Å². The van der Waals surface area contributed by atoms with Gasteiger partial charge in [-0.2, -0.15) is 0 Å². The number of carbonyl (C=O) groups excluding carboxylic acids is 1. The first-order chi connectivity index (χ1) is 12.6. The van der Waals surface area contributed by atoms with Crippen LogP contribution in [0.4, 0.5) is 5.82 Å². The molecule has 132 valence electrons. The molecule has 0 unspecified atom stereocenters. The van der Waals surface area contributed by atoms with Crippen LogP contribution in [0, 0.1) is 13.8 Å². The fraction of sp³-hybridized carbons (Fsp3) is 0.273. The van der Waals surface area contributed by atoms with Crippen LogP contribution in [0.2, 0.25) is 0 Å². The Kier molecular flexibility index (Phi) is 4.33. The van der Waals surface area contributed by atoms with Crippen molar-refractivity contribution < 1.29 is 4.79 Å². The lowest BCUT2D eigenvalue weighted by molar-refractivity contribution is 0.0746. The average Bonchev–Trinajstić information content (AvgIpc) is 2.69.